The first-order valence-corrected chi connectivity index (χ1v) is 11.3. The van der Waals surface area contributed by atoms with Crippen molar-refractivity contribution in [2.24, 2.45) is 17.3 Å². The van der Waals surface area contributed by atoms with Crippen LogP contribution in [0.2, 0.25) is 0 Å². The van der Waals surface area contributed by atoms with Gasteiger partial charge in [-0.25, -0.2) is 8.93 Å². The summed E-state index contributed by atoms with van der Waals surface area (Å²) in [4.78, 5) is 0. The quantitative estimate of drug-likeness (QED) is 0.556. The van der Waals surface area contributed by atoms with Crippen LogP contribution in [0.1, 0.15) is 67.2 Å². The molecule has 25 heavy (non-hydrogen) atoms. The molecule has 1 saturated heterocycles. The minimum Gasteiger partial charge on any atom is -0.404 e. The molecule has 1 N–H and O–H groups in total. The highest BCUT2D eigenvalue weighted by Crippen LogP contribution is 2.65. The predicted molar refractivity (Wildman–Crippen MR) is 105 cm³/mol. The second-order valence-corrected chi connectivity index (χ2v) is 12.1. The van der Waals surface area contributed by atoms with Crippen LogP contribution in [0.4, 0.5) is 0 Å². The molecule has 1 aliphatic heterocycles. The summed E-state index contributed by atoms with van der Waals surface area (Å²) in [5.74, 6) is 1.76. The van der Waals surface area contributed by atoms with E-state index in [1.54, 1.807) is 0 Å². The Bertz CT molecular complexity index is 541. The lowest BCUT2D eigenvalue weighted by molar-refractivity contribution is -0.199. The highest BCUT2D eigenvalue weighted by Gasteiger charge is 2.68. The first kappa shape index (κ1) is 20.1. The normalized spacial score (nSPS) is 38.8. The van der Waals surface area contributed by atoms with Gasteiger partial charge in [0.15, 0.2) is 0 Å². The van der Waals surface area contributed by atoms with Gasteiger partial charge in [0.25, 0.3) is 0 Å². The monoisotopic (exact) mass is 389 g/mol. The molecular formula is C18H33BClNO3S. The number of hydrogen-bond acceptors (Lipinski definition) is 3. The average molecular weight is 390 g/mol. The minimum atomic E-state index is -1.16. The first-order valence-electron chi connectivity index (χ1n) is 9.57. The molecule has 7 heteroatoms. The Morgan fingerprint density at radius 2 is 2.00 bits per heavy atom. The molecule has 3 aliphatic carbocycles. The maximum atomic E-state index is 12.6. The van der Waals surface area contributed by atoms with Gasteiger partial charge in [-0.15, -0.1) is 11.6 Å². The van der Waals surface area contributed by atoms with Crippen LogP contribution in [0.3, 0.4) is 0 Å². The van der Waals surface area contributed by atoms with Crippen LogP contribution >= 0.6 is 11.6 Å². The predicted octanol–water partition coefficient (Wildman–Crippen LogP) is 3.69. The summed E-state index contributed by atoms with van der Waals surface area (Å²) in [6.07, 6.45) is 4.11. The van der Waals surface area contributed by atoms with E-state index in [9.17, 15) is 4.21 Å². The fourth-order valence-corrected chi connectivity index (χ4v) is 5.94. The Morgan fingerprint density at radius 3 is 2.56 bits per heavy atom. The van der Waals surface area contributed by atoms with Gasteiger partial charge in [0.05, 0.1) is 33.4 Å². The van der Waals surface area contributed by atoms with Crippen LogP contribution in [0.5, 0.6) is 0 Å². The second kappa shape index (κ2) is 6.77. The Hall–Kier alpha value is 0.385. The molecule has 144 valence electrons. The van der Waals surface area contributed by atoms with Crippen molar-refractivity contribution in [3.8, 4) is 0 Å². The van der Waals surface area contributed by atoms with Crippen molar-refractivity contribution in [2.45, 2.75) is 89.6 Å². The summed E-state index contributed by atoms with van der Waals surface area (Å²) in [6.45, 7) is 12.9. The van der Waals surface area contributed by atoms with Crippen molar-refractivity contribution >= 4 is 29.7 Å². The Balaban J connectivity index is 1.74. The van der Waals surface area contributed by atoms with Crippen LogP contribution < -0.4 is 4.72 Å². The van der Waals surface area contributed by atoms with E-state index in [1.165, 1.54) is 6.42 Å². The van der Waals surface area contributed by atoms with E-state index >= 15 is 0 Å². The highest BCUT2D eigenvalue weighted by atomic mass is 35.5. The first-order chi connectivity index (χ1) is 11.5. The van der Waals surface area contributed by atoms with Crippen molar-refractivity contribution in [3.05, 3.63) is 0 Å². The van der Waals surface area contributed by atoms with E-state index in [1.807, 2.05) is 20.8 Å². The maximum Gasteiger partial charge on any atom is 0.476 e. The topological polar surface area (TPSA) is 47.6 Å². The van der Waals surface area contributed by atoms with Gasteiger partial charge in [0.1, 0.15) is 0 Å². The molecule has 4 aliphatic rings. The molecule has 0 radical (unpaired) electrons. The number of halogens is 1. The summed E-state index contributed by atoms with van der Waals surface area (Å²) < 4.78 is 28.5. The molecular weight excluding hydrogens is 357 g/mol. The van der Waals surface area contributed by atoms with Crippen LogP contribution in [0, 0.1) is 17.3 Å². The molecule has 3 saturated carbocycles. The van der Waals surface area contributed by atoms with Gasteiger partial charge < -0.3 is 9.31 Å². The lowest BCUT2D eigenvalue weighted by Crippen LogP contribution is -2.65. The molecule has 0 aromatic carbocycles. The van der Waals surface area contributed by atoms with E-state index in [2.05, 4.69) is 25.5 Å². The zero-order valence-corrected chi connectivity index (χ0v) is 18.0. The number of rotatable bonds is 6. The zero-order valence-electron chi connectivity index (χ0n) is 16.4. The average Bonchev–Trinajstić information content (AvgIpc) is 2.86. The fraction of sp³-hybridized carbons (Fsp3) is 1.00. The van der Waals surface area contributed by atoms with E-state index in [4.69, 9.17) is 20.9 Å². The molecule has 1 heterocycles. The maximum absolute atomic E-state index is 12.6. The summed E-state index contributed by atoms with van der Waals surface area (Å²) in [5, 5.41) is 0. The van der Waals surface area contributed by atoms with E-state index in [-0.39, 0.29) is 29.5 Å². The van der Waals surface area contributed by atoms with Crippen LogP contribution in [0.15, 0.2) is 0 Å². The SMILES string of the molecule is CC1(C)C2CC3OB([C@H](CCCCl)N[S@](=O)C(C)(C)C)O[C@@]3(C)C1C2. The third kappa shape index (κ3) is 3.46. The standard InChI is InChI=1S/C18H33BClNO3S/c1-16(2,3)25(22)21-15(8-7-9-20)19-23-14-11-12-10-13(17(12,4)5)18(14,6)24-19/h12-15,21H,7-11H2,1-6H3/t12?,13?,14?,15-,18-,25+/m0/s1. The van der Waals surface area contributed by atoms with Crippen molar-refractivity contribution in [3.63, 3.8) is 0 Å². The van der Waals surface area contributed by atoms with Gasteiger partial charge in [-0.3, -0.25) is 0 Å². The minimum absolute atomic E-state index is 0.0958. The molecule has 4 fully saturated rings. The van der Waals surface area contributed by atoms with Crippen molar-refractivity contribution in [2.75, 3.05) is 5.88 Å². The lowest BCUT2D eigenvalue weighted by Gasteiger charge is -2.64. The van der Waals surface area contributed by atoms with Crippen LogP contribution in [-0.2, 0) is 20.3 Å². The number of alkyl halides is 1. The Morgan fingerprint density at radius 1 is 1.32 bits per heavy atom. The molecule has 0 spiro atoms. The second-order valence-electron chi connectivity index (χ2n) is 9.77. The summed E-state index contributed by atoms with van der Waals surface area (Å²) in [5.41, 5.74) is 0.101. The van der Waals surface area contributed by atoms with Gasteiger partial charge in [0, 0.05) is 5.88 Å². The summed E-state index contributed by atoms with van der Waals surface area (Å²) in [6, 6.07) is 0. The third-order valence-corrected chi connectivity index (χ3v) is 8.66. The summed E-state index contributed by atoms with van der Waals surface area (Å²) >= 11 is 5.91. The molecule has 3 unspecified atom stereocenters. The van der Waals surface area contributed by atoms with Crippen LogP contribution in [0.25, 0.3) is 0 Å². The van der Waals surface area contributed by atoms with Gasteiger partial charge in [0.2, 0.25) is 0 Å². The van der Waals surface area contributed by atoms with Gasteiger partial charge >= 0.3 is 7.12 Å². The van der Waals surface area contributed by atoms with Gasteiger partial charge in [-0.05, 0) is 70.6 Å². The Kier molecular flexibility index (Phi) is 5.45. The van der Waals surface area contributed by atoms with E-state index < -0.39 is 11.0 Å². The molecule has 0 aromatic heterocycles. The van der Waals surface area contributed by atoms with Gasteiger partial charge in [-0.1, -0.05) is 13.8 Å². The van der Waals surface area contributed by atoms with E-state index in [0.29, 0.717) is 17.2 Å². The van der Waals surface area contributed by atoms with Crippen molar-refractivity contribution in [1.29, 1.82) is 0 Å². The molecule has 2 bridgehead atoms. The molecule has 4 rings (SSSR count). The molecule has 0 amide bonds. The largest absolute Gasteiger partial charge is 0.476 e. The smallest absolute Gasteiger partial charge is 0.404 e. The lowest BCUT2D eigenvalue weighted by atomic mass is 9.43. The number of hydrogen-bond donors (Lipinski definition) is 1. The molecule has 4 nitrogen and oxygen atoms in total. The zero-order chi connectivity index (χ0) is 18.6. The van der Waals surface area contributed by atoms with Crippen LogP contribution in [-0.4, -0.2) is 39.6 Å². The molecule has 0 aromatic rings. The molecule has 6 atom stereocenters. The van der Waals surface area contributed by atoms with E-state index in [0.717, 1.165) is 25.2 Å². The Labute approximate surface area is 160 Å². The third-order valence-electron chi connectivity index (χ3n) is 6.76. The van der Waals surface area contributed by atoms with Crippen molar-refractivity contribution < 1.29 is 13.5 Å². The summed E-state index contributed by atoms with van der Waals surface area (Å²) in [7, 11) is -1.51. The fourth-order valence-electron chi connectivity index (χ4n) is 4.93. The number of nitrogens with one attached hydrogen (secondary N) is 1. The highest BCUT2D eigenvalue weighted by molar-refractivity contribution is 7.84. The van der Waals surface area contributed by atoms with Crippen molar-refractivity contribution in [1.82, 2.24) is 4.72 Å². The van der Waals surface area contributed by atoms with Gasteiger partial charge in [-0.2, -0.15) is 0 Å².